The van der Waals surface area contributed by atoms with E-state index in [9.17, 15) is 4.79 Å². The maximum atomic E-state index is 13.0. The zero-order valence-electron chi connectivity index (χ0n) is 18.0. The van der Waals surface area contributed by atoms with E-state index in [0.717, 1.165) is 24.1 Å². The van der Waals surface area contributed by atoms with E-state index in [1.54, 1.807) is 17.0 Å². The lowest BCUT2D eigenvalue weighted by molar-refractivity contribution is 0.0727. The normalized spacial score (nSPS) is 15.3. The van der Waals surface area contributed by atoms with E-state index in [4.69, 9.17) is 16.2 Å². The maximum Gasteiger partial charge on any atom is 0.272 e. The molecule has 2 aromatic heterocycles. The van der Waals surface area contributed by atoms with Crippen molar-refractivity contribution in [2.24, 2.45) is 10.9 Å². The second-order valence-electron chi connectivity index (χ2n) is 8.28. The molecule has 0 saturated heterocycles. The third-order valence-corrected chi connectivity index (χ3v) is 6.10. The SMILES string of the molecule is N=C(C=NN)c1ccnc(C(=O)N2CCc3nc(NC4Cc5ccccc5C4)ncc3C2)c1. The minimum Gasteiger partial charge on any atom is -0.351 e. The standard InChI is InChI=1S/C24H24N8O/c25-20(13-29-26)17-5-7-27-22(11-17)23(33)32-8-6-21-18(14-32)12-28-24(31-21)30-19-9-15-3-1-2-4-16(15)10-19/h1-5,7,11-13,19,25H,6,8-10,14,26H2,(H,28,30,31). The average molecular weight is 441 g/mol. The minimum atomic E-state index is -0.189. The Bertz CT molecular complexity index is 1230. The molecule has 1 aromatic carbocycles. The van der Waals surface area contributed by atoms with Crippen LogP contribution in [0, 0.1) is 5.41 Å². The van der Waals surface area contributed by atoms with Gasteiger partial charge in [0.05, 0.1) is 17.6 Å². The van der Waals surface area contributed by atoms with Crippen LogP contribution in [0.1, 0.15) is 38.4 Å². The lowest BCUT2D eigenvalue weighted by Gasteiger charge is -2.28. The topological polar surface area (TPSA) is 133 Å². The van der Waals surface area contributed by atoms with Crippen LogP contribution in [-0.2, 0) is 25.8 Å². The fraction of sp³-hybridized carbons (Fsp3) is 0.250. The molecule has 5 rings (SSSR count). The molecule has 33 heavy (non-hydrogen) atoms. The highest BCUT2D eigenvalue weighted by Gasteiger charge is 2.26. The Kier molecular flexibility index (Phi) is 5.52. The number of carbonyl (C=O) groups excluding carboxylic acids is 1. The molecule has 1 amide bonds. The predicted molar refractivity (Wildman–Crippen MR) is 125 cm³/mol. The summed E-state index contributed by atoms with van der Waals surface area (Å²) in [7, 11) is 0. The van der Waals surface area contributed by atoms with Crippen molar-refractivity contribution in [2.75, 3.05) is 11.9 Å². The summed E-state index contributed by atoms with van der Waals surface area (Å²) in [5.41, 5.74) is 5.61. The van der Waals surface area contributed by atoms with Crippen molar-refractivity contribution in [2.45, 2.75) is 31.8 Å². The molecule has 3 heterocycles. The lowest BCUT2D eigenvalue weighted by atomic mass is 10.1. The molecule has 0 spiro atoms. The summed E-state index contributed by atoms with van der Waals surface area (Å²) in [6.45, 7) is 0.974. The van der Waals surface area contributed by atoms with E-state index < -0.39 is 0 Å². The van der Waals surface area contributed by atoms with Crippen LogP contribution in [0.3, 0.4) is 0 Å². The number of benzene rings is 1. The van der Waals surface area contributed by atoms with Gasteiger partial charge in [0.1, 0.15) is 5.69 Å². The number of nitrogens with one attached hydrogen (secondary N) is 2. The summed E-state index contributed by atoms with van der Waals surface area (Å²) in [6.07, 6.45) is 7.15. The molecule has 3 aromatic rings. The van der Waals surface area contributed by atoms with E-state index in [1.165, 1.54) is 23.5 Å². The molecule has 4 N–H and O–H groups in total. The van der Waals surface area contributed by atoms with Crippen LogP contribution in [0.4, 0.5) is 5.95 Å². The Labute approximate surface area is 191 Å². The number of nitrogens with zero attached hydrogens (tertiary/aromatic N) is 5. The molecular weight excluding hydrogens is 416 g/mol. The highest BCUT2D eigenvalue weighted by atomic mass is 16.2. The Hall–Kier alpha value is -4.14. The average Bonchev–Trinajstić information content (AvgIpc) is 3.26. The molecule has 9 nitrogen and oxygen atoms in total. The number of hydrogen-bond donors (Lipinski definition) is 3. The van der Waals surface area contributed by atoms with E-state index in [2.05, 4.69) is 44.7 Å². The number of hydrazone groups is 1. The van der Waals surface area contributed by atoms with Gasteiger partial charge in [0.15, 0.2) is 0 Å². The number of rotatable bonds is 5. The summed E-state index contributed by atoms with van der Waals surface area (Å²) in [5.74, 6) is 5.57. The van der Waals surface area contributed by atoms with Crippen molar-refractivity contribution in [3.05, 3.63) is 82.4 Å². The molecule has 1 aliphatic carbocycles. The number of nitrogens with two attached hydrogens (primary N) is 1. The Morgan fingerprint density at radius 3 is 2.73 bits per heavy atom. The Morgan fingerprint density at radius 1 is 1.18 bits per heavy atom. The quantitative estimate of drug-likeness (QED) is 0.316. The highest BCUT2D eigenvalue weighted by molar-refractivity contribution is 6.36. The summed E-state index contributed by atoms with van der Waals surface area (Å²) in [4.78, 5) is 28.2. The van der Waals surface area contributed by atoms with E-state index in [0.29, 0.717) is 37.1 Å². The molecule has 0 saturated carbocycles. The van der Waals surface area contributed by atoms with Gasteiger partial charge in [-0.15, -0.1) is 0 Å². The van der Waals surface area contributed by atoms with E-state index >= 15 is 0 Å². The smallest absolute Gasteiger partial charge is 0.272 e. The second kappa shape index (κ2) is 8.78. The number of aromatic nitrogens is 3. The first-order valence-electron chi connectivity index (χ1n) is 10.9. The first-order valence-corrected chi connectivity index (χ1v) is 10.9. The van der Waals surface area contributed by atoms with Gasteiger partial charge in [-0.2, -0.15) is 5.10 Å². The second-order valence-corrected chi connectivity index (χ2v) is 8.28. The van der Waals surface area contributed by atoms with Crippen LogP contribution < -0.4 is 11.2 Å². The molecule has 0 atom stereocenters. The fourth-order valence-electron chi connectivity index (χ4n) is 4.43. The Morgan fingerprint density at radius 2 is 1.97 bits per heavy atom. The van der Waals surface area contributed by atoms with E-state index in [1.807, 2.05) is 6.20 Å². The number of pyridine rings is 1. The van der Waals surface area contributed by atoms with Gasteiger partial charge in [0, 0.05) is 49.1 Å². The molecule has 0 fully saturated rings. The number of amides is 1. The molecule has 0 radical (unpaired) electrons. The number of fused-ring (bicyclic) bond motifs is 2. The first-order chi connectivity index (χ1) is 16.1. The van der Waals surface area contributed by atoms with Crippen LogP contribution in [-0.4, -0.2) is 50.3 Å². The summed E-state index contributed by atoms with van der Waals surface area (Å²) in [6, 6.07) is 12.0. The highest BCUT2D eigenvalue weighted by Crippen LogP contribution is 2.25. The molecule has 2 aliphatic rings. The molecular formula is C24H24N8O. The van der Waals surface area contributed by atoms with Crippen molar-refractivity contribution in [1.82, 2.24) is 19.9 Å². The van der Waals surface area contributed by atoms with Crippen LogP contribution in [0.25, 0.3) is 0 Å². The van der Waals surface area contributed by atoms with Crippen LogP contribution in [0.5, 0.6) is 0 Å². The van der Waals surface area contributed by atoms with Crippen molar-refractivity contribution in [3.63, 3.8) is 0 Å². The van der Waals surface area contributed by atoms with Crippen molar-refractivity contribution in [1.29, 1.82) is 5.41 Å². The third kappa shape index (κ3) is 4.30. The van der Waals surface area contributed by atoms with Gasteiger partial charge in [-0.3, -0.25) is 15.2 Å². The van der Waals surface area contributed by atoms with E-state index in [-0.39, 0.29) is 17.3 Å². The summed E-state index contributed by atoms with van der Waals surface area (Å²) in [5, 5.41) is 14.8. The van der Waals surface area contributed by atoms with Crippen molar-refractivity contribution in [3.8, 4) is 0 Å². The zero-order valence-corrected chi connectivity index (χ0v) is 18.0. The first kappa shape index (κ1) is 20.7. The van der Waals surface area contributed by atoms with Crippen molar-refractivity contribution >= 4 is 23.8 Å². The fourth-order valence-corrected chi connectivity index (χ4v) is 4.43. The van der Waals surface area contributed by atoms with Gasteiger partial charge < -0.3 is 16.1 Å². The molecule has 166 valence electrons. The summed E-state index contributed by atoms with van der Waals surface area (Å²) >= 11 is 0. The maximum absolute atomic E-state index is 13.0. The molecule has 9 heteroatoms. The van der Waals surface area contributed by atoms with Gasteiger partial charge in [-0.25, -0.2) is 9.97 Å². The van der Waals surface area contributed by atoms with Gasteiger partial charge in [0.25, 0.3) is 5.91 Å². The van der Waals surface area contributed by atoms with Crippen LogP contribution in [0.15, 0.2) is 53.9 Å². The van der Waals surface area contributed by atoms with Gasteiger partial charge in [-0.1, -0.05) is 24.3 Å². The molecule has 0 unspecified atom stereocenters. The van der Waals surface area contributed by atoms with Gasteiger partial charge >= 0.3 is 0 Å². The number of carbonyl (C=O) groups is 1. The molecule has 0 bridgehead atoms. The number of hydrogen-bond acceptors (Lipinski definition) is 8. The van der Waals surface area contributed by atoms with Gasteiger partial charge in [-0.05, 0) is 36.1 Å². The summed E-state index contributed by atoms with van der Waals surface area (Å²) < 4.78 is 0. The molecule has 1 aliphatic heterocycles. The minimum absolute atomic E-state index is 0.122. The van der Waals surface area contributed by atoms with Crippen LogP contribution >= 0.6 is 0 Å². The van der Waals surface area contributed by atoms with Crippen LogP contribution in [0.2, 0.25) is 0 Å². The van der Waals surface area contributed by atoms with Crippen molar-refractivity contribution < 1.29 is 4.79 Å². The lowest BCUT2D eigenvalue weighted by Crippen LogP contribution is -2.37. The monoisotopic (exact) mass is 440 g/mol. The van der Waals surface area contributed by atoms with Gasteiger partial charge in [0.2, 0.25) is 5.95 Å². The number of anilines is 1. The largest absolute Gasteiger partial charge is 0.351 e. The predicted octanol–water partition coefficient (Wildman–Crippen LogP) is 1.96. The zero-order chi connectivity index (χ0) is 22.8. The Balaban J connectivity index is 1.26. The third-order valence-electron chi connectivity index (χ3n) is 6.10.